The van der Waals surface area contributed by atoms with Gasteiger partial charge in [0.2, 0.25) is 0 Å². The van der Waals surface area contributed by atoms with Gasteiger partial charge in [-0.1, -0.05) is 24.3 Å². The summed E-state index contributed by atoms with van der Waals surface area (Å²) in [4.78, 5) is 25.0. The van der Waals surface area contributed by atoms with Crippen LogP contribution in [0, 0.1) is 0 Å². The number of benzene rings is 1. The van der Waals surface area contributed by atoms with Crippen LogP contribution in [0.1, 0.15) is 36.4 Å². The molecule has 6 heteroatoms. The van der Waals surface area contributed by atoms with Crippen molar-refractivity contribution in [2.24, 2.45) is 0 Å². The third kappa shape index (κ3) is 4.95. The van der Waals surface area contributed by atoms with E-state index in [-0.39, 0.29) is 24.5 Å². The maximum atomic E-state index is 12.0. The second-order valence-electron chi connectivity index (χ2n) is 6.07. The van der Waals surface area contributed by atoms with Gasteiger partial charge >= 0.3 is 5.97 Å². The van der Waals surface area contributed by atoms with Crippen molar-refractivity contribution in [1.29, 1.82) is 0 Å². The first-order valence-corrected chi connectivity index (χ1v) is 9.45. The number of carbonyl (C=O) groups is 2. The minimum Gasteiger partial charge on any atom is -0.459 e. The number of hydrogen-bond acceptors (Lipinski definition) is 5. The van der Waals surface area contributed by atoms with Gasteiger partial charge in [-0.3, -0.25) is 9.59 Å². The number of ether oxygens (including phenoxy) is 1. The summed E-state index contributed by atoms with van der Waals surface area (Å²) >= 11 is 1.67. The first kappa shape index (κ1) is 18.2. The lowest BCUT2D eigenvalue weighted by Gasteiger charge is -2.11. The van der Waals surface area contributed by atoms with Crippen LogP contribution < -0.4 is 5.32 Å². The smallest absolute Gasteiger partial charge is 0.306 e. The van der Waals surface area contributed by atoms with Gasteiger partial charge in [-0.2, -0.15) is 0 Å². The van der Waals surface area contributed by atoms with Crippen molar-refractivity contribution in [2.75, 3.05) is 6.61 Å². The van der Waals surface area contributed by atoms with E-state index >= 15 is 0 Å². The lowest BCUT2D eigenvalue weighted by Crippen LogP contribution is -2.30. The molecular formula is C20H21NO4S. The number of furan rings is 1. The largest absolute Gasteiger partial charge is 0.459 e. The molecule has 2 heterocycles. The summed E-state index contributed by atoms with van der Waals surface area (Å²) in [7, 11) is 0. The Kier molecular flexibility index (Phi) is 6.07. The highest BCUT2D eigenvalue weighted by Crippen LogP contribution is 2.23. The molecule has 26 heavy (non-hydrogen) atoms. The number of fused-ring (bicyclic) bond motifs is 1. The van der Waals surface area contributed by atoms with E-state index < -0.39 is 0 Å². The number of thiophene rings is 1. The van der Waals surface area contributed by atoms with E-state index in [1.807, 2.05) is 54.8 Å². The zero-order valence-electron chi connectivity index (χ0n) is 14.6. The fraction of sp³-hybridized carbons (Fsp3) is 0.300. The minimum absolute atomic E-state index is 0.275. The van der Waals surface area contributed by atoms with Crippen molar-refractivity contribution in [2.45, 2.75) is 32.2 Å². The summed E-state index contributed by atoms with van der Waals surface area (Å²) in [6.07, 6.45) is 1.88. The molecular weight excluding hydrogens is 350 g/mol. The van der Waals surface area contributed by atoms with Crippen molar-refractivity contribution in [3.63, 3.8) is 0 Å². The fourth-order valence-electron chi connectivity index (χ4n) is 2.65. The first-order valence-electron chi connectivity index (χ1n) is 8.57. The number of nitrogens with one attached hydrogen (secondary N) is 1. The molecule has 136 valence electrons. The van der Waals surface area contributed by atoms with Crippen LogP contribution in [0.3, 0.4) is 0 Å². The Balaban J connectivity index is 1.39. The highest BCUT2D eigenvalue weighted by molar-refractivity contribution is 7.09. The fourth-order valence-corrected chi connectivity index (χ4v) is 3.40. The quantitative estimate of drug-likeness (QED) is 0.602. The lowest BCUT2D eigenvalue weighted by molar-refractivity contribution is -0.148. The molecule has 0 saturated carbocycles. The van der Waals surface area contributed by atoms with Crippen LogP contribution in [-0.4, -0.2) is 18.5 Å². The van der Waals surface area contributed by atoms with Crippen molar-refractivity contribution in [3.05, 3.63) is 58.5 Å². The molecule has 0 radical (unpaired) electrons. The second kappa shape index (κ2) is 8.67. The van der Waals surface area contributed by atoms with E-state index in [0.29, 0.717) is 12.2 Å². The Bertz CT molecular complexity index is 836. The molecule has 0 saturated heterocycles. The Morgan fingerprint density at radius 2 is 2.08 bits per heavy atom. The molecule has 1 amide bonds. The number of amides is 1. The summed E-state index contributed by atoms with van der Waals surface area (Å²) < 4.78 is 10.8. The Labute approximate surface area is 156 Å². The molecule has 0 fully saturated rings. The summed E-state index contributed by atoms with van der Waals surface area (Å²) in [5.74, 6) is -0.0283. The molecule has 0 aliphatic heterocycles. The number of hydrogen-bond donors (Lipinski definition) is 1. The predicted molar refractivity (Wildman–Crippen MR) is 101 cm³/mol. The topological polar surface area (TPSA) is 68.5 Å². The monoisotopic (exact) mass is 371 g/mol. The first-order chi connectivity index (χ1) is 12.6. The van der Waals surface area contributed by atoms with Gasteiger partial charge in [0.05, 0.1) is 6.04 Å². The Morgan fingerprint density at radius 3 is 2.85 bits per heavy atom. The van der Waals surface area contributed by atoms with Gasteiger partial charge in [-0.25, -0.2) is 0 Å². The molecule has 5 nitrogen and oxygen atoms in total. The summed E-state index contributed by atoms with van der Waals surface area (Å²) in [5, 5.41) is 5.78. The van der Waals surface area contributed by atoms with Crippen LogP contribution >= 0.6 is 11.3 Å². The van der Waals surface area contributed by atoms with Gasteiger partial charge < -0.3 is 14.5 Å². The van der Waals surface area contributed by atoms with E-state index in [0.717, 1.165) is 23.8 Å². The van der Waals surface area contributed by atoms with Gasteiger partial charge in [-0.05, 0) is 43.3 Å². The highest BCUT2D eigenvalue weighted by atomic mass is 32.1. The molecule has 3 rings (SSSR count). The summed E-state index contributed by atoms with van der Waals surface area (Å²) in [5.41, 5.74) is 0.778. The number of para-hydroxylation sites is 1. The van der Waals surface area contributed by atoms with Crippen molar-refractivity contribution in [3.8, 4) is 0 Å². The molecule has 2 aromatic heterocycles. The van der Waals surface area contributed by atoms with Crippen molar-refractivity contribution in [1.82, 2.24) is 5.32 Å². The average molecular weight is 371 g/mol. The van der Waals surface area contributed by atoms with Gasteiger partial charge in [-0.15, -0.1) is 11.3 Å². The third-order valence-electron chi connectivity index (χ3n) is 4.00. The van der Waals surface area contributed by atoms with E-state index in [9.17, 15) is 9.59 Å². The lowest BCUT2D eigenvalue weighted by atomic mass is 10.2. The standard InChI is InChI=1S/C20H21NO4S/c1-14(18-12-15-6-2-3-9-17(15)25-18)21-19(22)13-24-20(23)10-4-7-16-8-5-11-26-16/h2-3,5-6,8-9,11-12,14H,4,7,10,13H2,1H3,(H,21,22)/t14-/m1/s1. The van der Waals surface area contributed by atoms with Gasteiger partial charge in [0.1, 0.15) is 11.3 Å². The summed E-state index contributed by atoms with van der Waals surface area (Å²) in [6.45, 7) is 1.56. The van der Waals surface area contributed by atoms with Crippen molar-refractivity contribution < 1.29 is 18.7 Å². The molecule has 0 spiro atoms. The molecule has 0 aliphatic rings. The van der Waals surface area contributed by atoms with Crippen LogP contribution in [0.5, 0.6) is 0 Å². The molecule has 0 bridgehead atoms. The zero-order chi connectivity index (χ0) is 18.4. The molecule has 1 aromatic carbocycles. The van der Waals surface area contributed by atoms with E-state index in [1.54, 1.807) is 11.3 Å². The number of esters is 1. The minimum atomic E-state index is -0.354. The van der Waals surface area contributed by atoms with Crippen LogP contribution in [0.4, 0.5) is 0 Å². The van der Waals surface area contributed by atoms with E-state index in [1.165, 1.54) is 4.88 Å². The Hall–Kier alpha value is -2.60. The van der Waals surface area contributed by atoms with Crippen LogP contribution in [0.25, 0.3) is 11.0 Å². The average Bonchev–Trinajstić information content (AvgIpc) is 3.29. The molecule has 0 aliphatic carbocycles. The van der Waals surface area contributed by atoms with Gasteiger partial charge in [0.25, 0.3) is 5.91 Å². The van der Waals surface area contributed by atoms with Gasteiger partial charge in [0, 0.05) is 16.7 Å². The normalized spacial score (nSPS) is 12.0. The van der Waals surface area contributed by atoms with Crippen LogP contribution in [-0.2, 0) is 20.7 Å². The molecule has 3 aromatic rings. The third-order valence-corrected chi connectivity index (χ3v) is 4.93. The number of carbonyl (C=O) groups excluding carboxylic acids is 2. The maximum Gasteiger partial charge on any atom is 0.306 e. The van der Waals surface area contributed by atoms with Crippen molar-refractivity contribution >= 4 is 34.2 Å². The predicted octanol–water partition coefficient (Wildman–Crippen LogP) is 4.24. The number of rotatable bonds is 8. The second-order valence-corrected chi connectivity index (χ2v) is 7.10. The van der Waals surface area contributed by atoms with E-state index in [2.05, 4.69) is 5.32 Å². The van der Waals surface area contributed by atoms with Crippen LogP contribution in [0.2, 0.25) is 0 Å². The van der Waals surface area contributed by atoms with E-state index in [4.69, 9.17) is 9.15 Å². The SMILES string of the molecule is C[C@@H](NC(=O)COC(=O)CCCc1cccs1)c1cc2ccccc2o1. The zero-order valence-corrected chi connectivity index (χ0v) is 15.4. The number of aryl methyl sites for hydroxylation is 1. The van der Waals surface area contributed by atoms with Gasteiger partial charge in [0.15, 0.2) is 6.61 Å². The molecule has 1 atom stereocenters. The molecule has 1 N–H and O–H groups in total. The van der Waals surface area contributed by atoms with Crippen LogP contribution in [0.15, 0.2) is 52.3 Å². The highest BCUT2D eigenvalue weighted by Gasteiger charge is 2.15. The molecule has 0 unspecified atom stereocenters. The Morgan fingerprint density at radius 1 is 1.23 bits per heavy atom. The summed E-state index contributed by atoms with van der Waals surface area (Å²) in [6, 6.07) is 13.3. The maximum absolute atomic E-state index is 12.0.